The van der Waals surface area contributed by atoms with E-state index in [2.05, 4.69) is 5.32 Å². The average Bonchev–Trinajstić information content (AvgIpc) is 2.55. The van der Waals surface area contributed by atoms with E-state index in [-0.39, 0.29) is 16.8 Å². The van der Waals surface area contributed by atoms with Gasteiger partial charge in [-0.1, -0.05) is 30.3 Å². The van der Waals surface area contributed by atoms with E-state index in [1.807, 2.05) is 37.3 Å². The summed E-state index contributed by atoms with van der Waals surface area (Å²) in [5.74, 6) is 0.702. The van der Waals surface area contributed by atoms with Gasteiger partial charge < -0.3 is 5.32 Å². The highest BCUT2D eigenvalue weighted by molar-refractivity contribution is 7.99. The lowest BCUT2D eigenvalue weighted by molar-refractivity contribution is -0.121. The lowest BCUT2D eigenvalue weighted by Crippen LogP contribution is -2.26. The van der Waals surface area contributed by atoms with Crippen LogP contribution in [0.4, 0.5) is 0 Å². The molecule has 6 heteroatoms. The summed E-state index contributed by atoms with van der Waals surface area (Å²) in [6.45, 7) is 1.89. The Hall–Kier alpha value is -1.79. The van der Waals surface area contributed by atoms with E-state index in [1.54, 1.807) is 36.0 Å². The van der Waals surface area contributed by atoms with Crippen LogP contribution in [0.3, 0.4) is 0 Å². The fourth-order valence-corrected chi connectivity index (χ4v) is 3.68. The molecule has 24 heavy (non-hydrogen) atoms. The highest BCUT2D eigenvalue weighted by atomic mass is 32.2. The van der Waals surface area contributed by atoms with Crippen LogP contribution in [0.2, 0.25) is 0 Å². The number of amides is 1. The minimum atomic E-state index is -3.20. The molecule has 0 heterocycles. The summed E-state index contributed by atoms with van der Waals surface area (Å²) in [5.41, 5.74) is 0.881. The molecule has 0 aliphatic carbocycles. The molecule has 0 aromatic heterocycles. The fourth-order valence-electron chi connectivity index (χ4n) is 2.18. The van der Waals surface area contributed by atoms with Gasteiger partial charge >= 0.3 is 0 Å². The maximum absolute atomic E-state index is 12.0. The van der Waals surface area contributed by atoms with Crippen molar-refractivity contribution in [3.63, 3.8) is 0 Å². The van der Waals surface area contributed by atoms with Gasteiger partial charge in [0.05, 0.1) is 10.9 Å². The number of benzene rings is 2. The first kappa shape index (κ1) is 18.5. The number of thioether (sulfide) groups is 1. The van der Waals surface area contributed by atoms with Gasteiger partial charge in [-0.15, -0.1) is 11.8 Å². The van der Waals surface area contributed by atoms with Crippen molar-refractivity contribution < 1.29 is 13.2 Å². The third kappa shape index (κ3) is 5.69. The molecule has 0 bridgehead atoms. The lowest BCUT2D eigenvalue weighted by Gasteiger charge is -2.14. The summed E-state index contributed by atoms with van der Waals surface area (Å²) < 4.78 is 22.9. The van der Waals surface area contributed by atoms with Crippen molar-refractivity contribution in [2.75, 3.05) is 12.0 Å². The zero-order chi connectivity index (χ0) is 17.6. The normalized spacial score (nSPS) is 12.6. The second kappa shape index (κ2) is 8.35. The number of hydrogen-bond acceptors (Lipinski definition) is 4. The predicted octanol–water partition coefficient (Wildman–Crippen LogP) is 3.45. The highest BCUT2D eigenvalue weighted by Crippen LogP contribution is 2.19. The van der Waals surface area contributed by atoms with Gasteiger partial charge in [-0.2, -0.15) is 0 Å². The van der Waals surface area contributed by atoms with Crippen LogP contribution in [0.5, 0.6) is 0 Å². The molecule has 1 atom stereocenters. The molecule has 1 N–H and O–H groups in total. The van der Waals surface area contributed by atoms with Gasteiger partial charge in [0.1, 0.15) is 0 Å². The van der Waals surface area contributed by atoms with Crippen LogP contribution in [0, 0.1) is 0 Å². The Bertz CT molecular complexity index is 772. The Balaban J connectivity index is 1.83. The van der Waals surface area contributed by atoms with Crippen molar-refractivity contribution >= 4 is 27.5 Å². The quantitative estimate of drug-likeness (QED) is 0.765. The second-order valence-corrected chi connectivity index (χ2v) is 8.73. The third-order valence-electron chi connectivity index (χ3n) is 3.53. The summed E-state index contributed by atoms with van der Waals surface area (Å²) in [5, 5.41) is 2.94. The number of nitrogens with one attached hydrogen (secondary N) is 1. The minimum absolute atomic E-state index is 0.0156. The van der Waals surface area contributed by atoms with E-state index >= 15 is 0 Å². The molecule has 0 saturated carbocycles. The number of rotatable bonds is 7. The van der Waals surface area contributed by atoms with Gasteiger partial charge in [-0.05, 0) is 36.8 Å². The molecule has 0 fully saturated rings. The Labute approximate surface area is 147 Å². The zero-order valence-electron chi connectivity index (χ0n) is 13.7. The molecule has 4 nitrogen and oxygen atoms in total. The van der Waals surface area contributed by atoms with Crippen LogP contribution in [0.25, 0.3) is 0 Å². The lowest BCUT2D eigenvalue weighted by atomic mass is 10.1. The van der Waals surface area contributed by atoms with E-state index < -0.39 is 9.84 Å². The van der Waals surface area contributed by atoms with Gasteiger partial charge in [-0.25, -0.2) is 8.42 Å². The highest BCUT2D eigenvalue weighted by Gasteiger charge is 2.11. The van der Waals surface area contributed by atoms with Crippen LogP contribution >= 0.6 is 11.8 Å². The van der Waals surface area contributed by atoms with E-state index in [9.17, 15) is 13.2 Å². The molecule has 0 saturated heterocycles. The van der Waals surface area contributed by atoms with Gasteiger partial charge in [0.2, 0.25) is 5.91 Å². The van der Waals surface area contributed by atoms with Gasteiger partial charge in [0.25, 0.3) is 0 Å². The first-order valence-corrected chi connectivity index (χ1v) is 10.5. The molecular weight excluding hydrogens is 342 g/mol. The molecule has 2 aromatic carbocycles. The molecule has 1 amide bonds. The fraction of sp³-hybridized carbons (Fsp3) is 0.278. The molecule has 0 spiro atoms. The van der Waals surface area contributed by atoms with Crippen molar-refractivity contribution in [3.8, 4) is 0 Å². The molecule has 128 valence electrons. The summed E-state index contributed by atoms with van der Waals surface area (Å²) in [4.78, 5) is 13.5. The molecule has 0 aliphatic heterocycles. The maximum Gasteiger partial charge on any atom is 0.221 e. The number of carbonyl (C=O) groups excluding carboxylic acids is 1. The smallest absolute Gasteiger partial charge is 0.221 e. The molecular formula is C18H21NO3S2. The monoisotopic (exact) mass is 363 g/mol. The summed E-state index contributed by atoms with van der Waals surface area (Å²) in [7, 11) is -3.20. The number of carbonyl (C=O) groups is 1. The van der Waals surface area contributed by atoms with E-state index in [0.717, 1.165) is 16.2 Å². The summed E-state index contributed by atoms with van der Waals surface area (Å²) >= 11 is 1.65. The largest absolute Gasteiger partial charge is 0.350 e. The minimum Gasteiger partial charge on any atom is -0.350 e. The van der Waals surface area contributed by atoms with Crippen LogP contribution in [-0.2, 0) is 14.6 Å². The van der Waals surface area contributed by atoms with E-state index in [4.69, 9.17) is 0 Å². The molecule has 2 rings (SSSR count). The van der Waals surface area contributed by atoms with Crippen LogP contribution < -0.4 is 5.32 Å². The van der Waals surface area contributed by atoms with Gasteiger partial charge in [0, 0.05) is 23.3 Å². The van der Waals surface area contributed by atoms with Crippen molar-refractivity contribution in [3.05, 3.63) is 60.2 Å². The third-order valence-corrected chi connectivity index (χ3v) is 5.67. The second-order valence-electron chi connectivity index (χ2n) is 5.54. The molecule has 0 radical (unpaired) electrons. The maximum atomic E-state index is 12.0. The summed E-state index contributed by atoms with van der Waals surface area (Å²) in [6, 6.07) is 16.4. The Morgan fingerprint density at radius 3 is 2.29 bits per heavy atom. The van der Waals surface area contributed by atoms with Crippen molar-refractivity contribution in [1.29, 1.82) is 0 Å². The first-order chi connectivity index (χ1) is 11.4. The molecule has 0 aliphatic rings. The summed E-state index contributed by atoms with van der Waals surface area (Å²) in [6.07, 6.45) is 1.61. The van der Waals surface area contributed by atoms with E-state index in [1.165, 1.54) is 6.26 Å². The first-order valence-electron chi connectivity index (χ1n) is 7.63. The van der Waals surface area contributed by atoms with Crippen molar-refractivity contribution in [2.45, 2.75) is 29.2 Å². The Morgan fingerprint density at radius 1 is 1.08 bits per heavy atom. The van der Waals surface area contributed by atoms with Crippen molar-refractivity contribution in [1.82, 2.24) is 5.32 Å². The molecule has 0 unspecified atom stereocenters. The van der Waals surface area contributed by atoms with E-state index in [0.29, 0.717) is 6.42 Å². The molecule has 2 aromatic rings. The van der Waals surface area contributed by atoms with Gasteiger partial charge in [0.15, 0.2) is 9.84 Å². The average molecular weight is 364 g/mol. The van der Waals surface area contributed by atoms with Crippen LogP contribution in [0.1, 0.15) is 24.9 Å². The Kier molecular flexibility index (Phi) is 6.45. The number of sulfone groups is 1. The standard InChI is InChI=1S/C18H21NO3S2/c1-14(15-8-10-17(11-9-15)24(2,21)22)19-18(20)12-13-23-16-6-4-3-5-7-16/h3-11,14H,12-13H2,1-2H3,(H,19,20)/t14-/m1/s1. The van der Waals surface area contributed by atoms with Crippen LogP contribution in [-0.4, -0.2) is 26.3 Å². The van der Waals surface area contributed by atoms with Crippen molar-refractivity contribution in [2.24, 2.45) is 0 Å². The SMILES string of the molecule is C[C@@H](NC(=O)CCSc1ccccc1)c1ccc(S(C)(=O)=O)cc1. The predicted molar refractivity (Wildman–Crippen MR) is 97.9 cm³/mol. The zero-order valence-corrected chi connectivity index (χ0v) is 15.4. The van der Waals surface area contributed by atoms with Gasteiger partial charge in [-0.3, -0.25) is 4.79 Å². The topological polar surface area (TPSA) is 63.2 Å². The number of hydrogen-bond donors (Lipinski definition) is 1. The Morgan fingerprint density at radius 2 is 1.71 bits per heavy atom. The van der Waals surface area contributed by atoms with Crippen LogP contribution in [0.15, 0.2) is 64.4 Å².